The van der Waals surface area contributed by atoms with Gasteiger partial charge in [-0.15, -0.1) is 0 Å². The Balaban J connectivity index is 2.16. The molecule has 0 spiro atoms. The van der Waals surface area contributed by atoms with Gasteiger partial charge in [-0.05, 0) is 24.3 Å². The smallest absolute Gasteiger partial charge is 0.281 e. The van der Waals surface area contributed by atoms with Gasteiger partial charge in [0.1, 0.15) is 5.82 Å². The Kier molecular flexibility index (Phi) is 3.41. The fourth-order valence-corrected chi connectivity index (χ4v) is 2.97. The van der Waals surface area contributed by atoms with E-state index >= 15 is 4.39 Å². The summed E-state index contributed by atoms with van der Waals surface area (Å²) in [5, 5.41) is 0.191. The van der Waals surface area contributed by atoms with Crippen LogP contribution in [0.2, 0.25) is 0 Å². The highest BCUT2D eigenvalue weighted by atomic mass is 19.3. The Bertz CT molecular complexity index is 1100. The van der Waals surface area contributed by atoms with Crippen LogP contribution in [0.1, 0.15) is 6.55 Å². The molecule has 0 aliphatic heterocycles. The number of hydrogen-bond acceptors (Lipinski definition) is 2. The molecule has 0 fully saturated rings. The zero-order chi connectivity index (χ0) is 17.7. The third kappa shape index (κ3) is 2.25. The zero-order valence-electron chi connectivity index (χ0n) is 12.4. The highest BCUT2D eigenvalue weighted by Crippen LogP contribution is 2.38. The zero-order valence-corrected chi connectivity index (χ0v) is 12.4. The molecule has 126 valence electrons. The maximum absolute atomic E-state index is 15.0. The molecule has 0 saturated carbocycles. The molecule has 3 nitrogen and oxygen atoms in total. The molecule has 0 aliphatic rings. The topological polar surface area (TPSA) is 30.7 Å². The number of alkyl halides is 2. The minimum Gasteiger partial charge on any atom is -0.281 e. The van der Waals surface area contributed by atoms with Crippen molar-refractivity contribution in [2.75, 3.05) is 0 Å². The van der Waals surface area contributed by atoms with E-state index in [1.165, 1.54) is 18.5 Å². The van der Waals surface area contributed by atoms with E-state index in [0.29, 0.717) is 4.57 Å². The predicted octanol–water partition coefficient (Wildman–Crippen LogP) is 5.06. The van der Waals surface area contributed by atoms with Gasteiger partial charge in [0.2, 0.25) is 5.95 Å². The van der Waals surface area contributed by atoms with Gasteiger partial charge in [0.15, 0.2) is 5.82 Å². The molecule has 8 heteroatoms. The van der Waals surface area contributed by atoms with Crippen molar-refractivity contribution in [3.63, 3.8) is 0 Å². The lowest BCUT2D eigenvalue weighted by Crippen LogP contribution is -2.01. The molecule has 1 aromatic carbocycles. The molecule has 0 saturated heterocycles. The van der Waals surface area contributed by atoms with Gasteiger partial charge in [-0.3, -0.25) is 9.55 Å². The summed E-state index contributed by atoms with van der Waals surface area (Å²) >= 11 is 0. The Hall–Kier alpha value is -3.03. The van der Waals surface area contributed by atoms with Gasteiger partial charge < -0.3 is 0 Å². The lowest BCUT2D eigenvalue weighted by Gasteiger charge is -2.10. The van der Waals surface area contributed by atoms with Crippen LogP contribution in [0.5, 0.6) is 0 Å². The molecule has 3 heterocycles. The minimum atomic E-state index is -3.04. The van der Waals surface area contributed by atoms with Gasteiger partial charge >= 0.3 is 6.55 Å². The maximum atomic E-state index is 15.0. The van der Waals surface area contributed by atoms with Crippen LogP contribution in [0.15, 0.2) is 42.9 Å². The molecule has 0 atom stereocenters. The number of nitrogens with zero attached hydrogens (tertiary/aromatic N) is 3. The third-order valence-electron chi connectivity index (χ3n) is 3.99. The van der Waals surface area contributed by atoms with E-state index in [1.54, 1.807) is 0 Å². The van der Waals surface area contributed by atoms with Crippen molar-refractivity contribution in [3.8, 4) is 11.1 Å². The van der Waals surface area contributed by atoms with Crippen LogP contribution < -0.4 is 0 Å². The number of fused-ring (bicyclic) bond motifs is 3. The molecule has 0 radical (unpaired) electrons. The van der Waals surface area contributed by atoms with Gasteiger partial charge in [-0.1, -0.05) is 0 Å². The number of benzene rings is 1. The van der Waals surface area contributed by atoms with E-state index in [2.05, 4.69) is 9.97 Å². The molecule has 0 amide bonds. The first kappa shape index (κ1) is 15.5. The summed E-state index contributed by atoms with van der Waals surface area (Å²) in [6, 6.07) is 4.34. The van der Waals surface area contributed by atoms with Crippen molar-refractivity contribution in [1.82, 2.24) is 14.5 Å². The molecule has 0 aliphatic carbocycles. The molecule has 3 aromatic heterocycles. The number of aromatic nitrogens is 3. The largest absolute Gasteiger partial charge is 0.319 e. The van der Waals surface area contributed by atoms with Gasteiger partial charge in [0, 0.05) is 34.9 Å². The number of hydrogen-bond donors (Lipinski definition) is 0. The minimum absolute atomic E-state index is 0.0165. The first-order valence-electron chi connectivity index (χ1n) is 7.14. The van der Waals surface area contributed by atoms with Crippen LogP contribution >= 0.6 is 0 Å². The predicted molar refractivity (Wildman–Crippen MR) is 81.6 cm³/mol. The molecule has 0 unspecified atom stereocenters. The average Bonchev–Trinajstić information content (AvgIpc) is 2.91. The van der Waals surface area contributed by atoms with Gasteiger partial charge in [0.05, 0.1) is 16.6 Å². The first-order valence-corrected chi connectivity index (χ1v) is 7.14. The molecule has 25 heavy (non-hydrogen) atoms. The third-order valence-corrected chi connectivity index (χ3v) is 3.99. The van der Waals surface area contributed by atoms with Crippen LogP contribution in [-0.2, 0) is 0 Å². The van der Waals surface area contributed by atoms with E-state index in [-0.39, 0.29) is 21.9 Å². The summed E-state index contributed by atoms with van der Waals surface area (Å²) < 4.78 is 70.1. The SMILES string of the molecule is Fc1ccc(-c2c(F)cc3c4cnccc4n(C(F)F)c3c2F)cn1. The molecule has 4 rings (SSSR count). The van der Waals surface area contributed by atoms with E-state index in [9.17, 15) is 17.6 Å². The number of halogens is 5. The number of rotatable bonds is 2. The lowest BCUT2D eigenvalue weighted by atomic mass is 10.0. The van der Waals surface area contributed by atoms with Crippen molar-refractivity contribution < 1.29 is 22.0 Å². The second-order valence-electron chi connectivity index (χ2n) is 5.35. The summed E-state index contributed by atoms with van der Waals surface area (Å²) in [4.78, 5) is 7.18. The molecule has 4 aromatic rings. The Morgan fingerprint density at radius 2 is 1.76 bits per heavy atom. The highest BCUT2D eigenvalue weighted by Gasteiger charge is 2.25. The maximum Gasteiger partial charge on any atom is 0.319 e. The van der Waals surface area contributed by atoms with Gasteiger partial charge in [-0.25, -0.2) is 13.8 Å². The van der Waals surface area contributed by atoms with E-state index in [0.717, 1.165) is 24.4 Å². The Morgan fingerprint density at radius 3 is 2.44 bits per heavy atom. The van der Waals surface area contributed by atoms with Crippen LogP contribution in [0.4, 0.5) is 22.0 Å². The van der Waals surface area contributed by atoms with E-state index in [1.807, 2.05) is 0 Å². The molecule has 0 N–H and O–H groups in total. The van der Waals surface area contributed by atoms with E-state index < -0.39 is 35.2 Å². The van der Waals surface area contributed by atoms with Gasteiger partial charge in [-0.2, -0.15) is 13.2 Å². The van der Waals surface area contributed by atoms with Crippen molar-refractivity contribution in [2.45, 2.75) is 6.55 Å². The van der Waals surface area contributed by atoms with Crippen LogP contribution in [0.3, 0.4) is 0 Å². The summed E-state index contributed by atoms with van der Waals surface area (Å²) in [5.41, 5.74) is -1.01. The van der Waals surface area contributed by atoms with Crippen LogP contribution in [0.25, 0.3) is 32.9 Å². The van der Waals surface area contributed by atoms with Crippen molar-refractivity contribution >= 4 is 21.8 Å². The molecular weight excluding hydrogens is 341 g/mol. The summed E-state index contributed by atoms with van der Waals surface area (Å²) in [7, 11) is 0. The Labute approximate surface area is 137 Å². The normalized spacial score (nSPS) is 11.8. The summed E-state index contributed by atoms with van der Waals surface area (Å²) in [5.74, 6) is -2.95. The summed E-state index contributed by atoms with van der Waals surface area (Å²) in [6.07, 6.45) is 3.51. The first-order chi connectivity index (χ1) is 12.0. The number of pyridine rings is 2. The molecule has 0 bridgehead atoms. The summed E-state index contributed by atoms with van der Waals surface area (Å²) in [6.45, 7) is -3.04. The van der Waals surface area contributed by atoms with Crippen molar-refractivity contribution in [1.29, 1.82) is 0 Å². The van der Waals surface area contributed by atoms with Crippen molar-refractivity contribution in [2.24, 2.45) is 0 Å². The Morgan fingerprint density at radius 1 is 0.960 bits per heavy atom. The quantitative estimate of drug-likeness (QED) is 0.374. The van der Waals surface area contributed by atoms with Crippen LogP contribution in [0, 0.1) is 17.6 Å². The van der Waals surface area contributed by atoms with Crippen molar-refractivity contribution in [3.05, 3.63) is 60.4 Å². The van der Waals surface area contributed by atoms with Gasteiger partial charge in [0.25, 0.3) is 0 Å². The fraction of sp³-hybridized carbons (Fsp3) is 0.0588. The molecular formula is C17H8F5N3. The standard InChI is InChI=1S/C17H8F5N3/c18-11-5-9-10-7-23-4-3-12(10)25(17(21)22)16(9)15(20)14(11)8-1-2-13(19)24-6-8/h1-7,17H. The fourth-order valence-electron chi connectivity index (χ4n) is 2.97. The second kappa shape index (κ2) is 5.51. The highest BCUT2D eigenvalue weighted by molar-refractivity contribution is 6.09. The second-order valence-corrected chi connectivity index (χ2v) is 5.35. The van der Waals surface area contributed by atoms with Crippen LogP contribution in [-0.4, -0.2) is 14.5 Å². The monoisotopic (exact) mass is 349 g/mol. The van der Waals surface area contributed by atoms with E-state index in [4.69, 9.17) is 0 Å². The average molecular weight is 349 g/mol. The lowest BCUT2D eigenvalue weighted by molar-refractivity contribution is 0.0791.